The van der Waals surface area contributed by atoms with Crippen LogP contribution < -0.4 is 15.0 Å². The monoisotopic (exact) mass is 388 g/mol. The number of carbonyl (C=O) groups excluding carboxylic acids is 1. The van der Waals surface area contributed by atoms with Gasteiger partial charge in [0.2, 0.25) is 5.91 Å². The lowest BCUT2D eigenvalue weighted by atomic mass is 10.2. The molecule has 4 rings (SSSR count). The number of benzene rings is 1. The minimum Gasteiger partial charge on any atom is -0.495 e. The third kappa shape index (κ3) is 3.08. The molecule has 0 radical (unpaired) electrons. The molecule has 1 aliphatic rings. The first-order valence-electron chi connectivity index (χ1n) is 8.26. The van der Waals surface area contributed by atoms with Crippen molar-refractivity contribution in [3.8, 4) is 5.75 Å². The number of hydrogen-bond donors (Lipinski definition) is 1. The fourth-order valence-corrected chi connectivity index (χ4v) is 4.18. The SMILES string of the molecule is COc1cc(NC(=O)C2CCCN2c2ncnc3sccc23)ccc1Cl. The zero-order chi connectivity index (χ0) is 18.1. The van der Waals surface area contributed by atoms with Crippen LogP contribution in [0, 0.1) is 0 Å². The van der Waals surface area contributed by atoms with E-state index in [-0.39, 0.29) is 11.9 Å². The average Bonchev–Trinajstić information content (AvgIpc) is 3.32. The molecule has 1 aromatic carbocycles. The predicted octanol–water partition coefficient (Wildman–Crippen LogP) is 3.96. The first-order valence-corrected chi connectivity index (χ1v) is 9.52. The lowest BCUT2D eigenvalue weighted by Crippen LogP contribution is -2.40. The van der Waals surface area contributed by atoms with Crippen LogP contribution in [0.1, 0.15) is 12.8 Å². The number of fused-ring (bicyclic) bond motifs is 1. The van der Waals surface area contributed by atoms with Crippen molar-refractivity contribution in [3.05, 3.63) is 41.0 Å². The summed E-state index contributed by atoms with van der Waals surface area (Å²) < 4.78 is 5.21. The van der Waals surface area contributed by atoms with E-state index in [4.69, 9.17) is 16.3 Å². The third-order valence-electron chi connectivity index (χ3n) is 4.49. The number of anilines is 2. The molecule has 1 saturated heterocycles. The van der Waals surface area contributed by atoms with Gasteiger partial charge in [-0.3, -0.25) is 4.79 Å². The predicted molar refractivity (Wildman–Crippen MR) is 104 cm³/mol. The molecule has 0 aliphatic carbocycles. The summed E-state index contributed by atoms with van der Waals surface area (Å²) in [5.74, 6) is 1.29. The van der Waals surface area contributed by atoms with Gasteiger partial charge in [0, 0.05) is 18.3 Å². The van der Waals surface area contributed by atoms with Crippen molar-refractivity contribution >= 4 is 50.6 Å². The van der Waals surface area contributed by atoms with Crippen LogP contribution in [0.25, 0.3) is 10.2 Å². The van der Waals surface area contributed by atoms with E-state index in [0.717, 1.165) is 35.4 Å². The maximum absolute atomic E-state index is 12.9. The number of methoxy groups -OCH3 is 1. The Morgan fingerprint density at radius 2 is 2.27 bits per heavy atom. The Hall–Kier alpha value is -2.38. The summed E-state index contributed by atoms with van der Waals surface area (Å²) in [7, 11) is 1.55. The number of carbonyl (C=O) groups is 1. The number of amides is 1. The van der Waals surface area contributed by atoms with Crippen LogP contribution in [0.2, 0.25) is 5.02 Å². The summed E-state index contributed by atoms with van der Waals surface area (Å²) in [5, 5.41) is 6.46. The van der Waals surface area contributed by atoms with Gasteiger partial charge in [-0.05, 0) is 36.4 Å². The Morgan fingerprint density at radius 3 is 3.12 bits per heavy atom. The minimum absolute atomic E-state index is 0.0612. The maximum atomic E-state index is 12.9. The molecule has 1 fully saturated rings. The van der Waals surface area contributed by atoms with Gasteiger partial charge < -0.3 is 15.0 Å². The van der Waals surface area contributed by atoms with Crippen LogP contribution in [-0.4, -0.2) is 35.6 Å². The van der Waals surface area contributed by atoms with E-state index >= 15 is 0 Å². The molecule has 0 saturated carbocycles. The lowest BCUT2D eigenvalue weighted by molar-refractivity contribution is -0.117. The fourth-order valence-electron chi connectivity index (χ4n) is 3.26. The van der Waals surface area contributed by atoms with Gasteiger partial charge in [-0.2, -0.15) is 0 Å². The molecule has 0 spiro atoms. The second-order valence-corrected chi connectivity index (χ2v) is 7.33. The Labute approximate surface area is 159 Å². The van der Waals surface area contributed by atoms with E-state index in [9.17, 15) is 4.79 Å². The quantitative estimate of drug-likeness (QED) is 0.732. The molecular formula is C18H17ClN4O2S. The van der Waals surface area contributed by atoms with Crippen molar-refractivity contribution in [2.75, 3.05) is 23.9 Å². The number of ether oxygens (including phenoxy) is 1. The van der Waals surface area contributed by atoms with Gasteiger partial charge in [-0.15, -0.1) is 11.3 Å². The van der Waals surface area contributed by atoms with Crippen molar-refractivity contribution in [3.63, 3.8) is 0 Å². The molecule has 1 amide bonds. The molecule has 134 valence electrons. The molecule has 26 heavy (non-hydrogen) atoms. The van der Waals surface area contributed by atoms with Crippen molar-refractivity contribution in [1.82, 2.24) is 9.97 Å². The Morgan fingerprint density at radius 1 is 1.38 bits per heavy atom. The van der Waals surface area contributed by atoms with E-state index in [1.54, 1.807) is 43.0 Å². The van der Waals surface area contributed by atoms with Gasteiger partial charge >= 0.3 is 0 Å². The van der Waals surface area contributed by atoms with Gasteiger partial charge in [0.1, 0.15) is 28.8 Å². The maximum Gasteiger partial charge on any atom is 0.247 e. The van der Waals surface area contributed by atoms with Gasteiger partial charge in [0.05, 0.1) is 17.5 Å². The number of rotatable bonds is 4. The number of hydrogen-bond acceptors (Lipinski definition) is 6. The highest BCUT2D eigenvalue weighted by Gasteiger charge is 2.33. The lowest BCUT2D eigenvalue weighted by Gasteiger charge is -2.25. The van der Waals surface area contributed by atoms with E-state index < -0.39 is 0 Å². The Kier molecular flexibility index (Phi) is 4.65. The minimum atomic E-state index is -0.269. The number of aromatic nitrogens is 2. The molecule has 8 heteroatoms. The van der Waals surface area contributed by atoms with Crippen molar-refractivity contribution in [2.24, 2.45) is 0 Å². The summed E-state index contributed by atoms with van der Waals surface area (Å²) in [4.78, 5) is 24.6. The zero-order valence-electron chi connectivity index (χ0n) is 14.1. The van der Waals surface area contributed by atoms with Gasteiger partial charge in [0.15, 0.2) is 0 Å². The highest BCUT2D eigenvalue weighted by molar-refractivity contribution is 7.16. The van der Waals surface area contributed by atoms with Crippen LogP contribution in [0.4, 0.5) is 11.5 Å². The second kappa shape index (κ2) is 7.09. The number of thiophene rings is 1. The first kappa shape index (κ1) is 17.1. The van der Waals surface area contributed by atoms with Gasteiger partial charge in [0.25, 0.3) is 0 Å². The molecule has 3 heterocycles. The third-order valence-corrected chi connectivity index (χ3v) is 5.62. The summed E-state index contributed by atoms with van der Waals surface area (Å²) in [6, 6.07) is 6.94. The van der Waals surface area contributed by atoms with E-state index in [1.165, 1.54) is 0 Å². The van der Waals surface area contributed by atoms with Crippen molar-refractivity contribution < 1.29 is 9.53 Å². The summed E-state index contributed by atoms with van der Waals surface area (Å²) >= 11 is 7.62. The zero-order valence-corrected chi connectivity index (χ0v) is 15.7. The Balaban J connectivity index is 1.58. The molecule has 2 aromatic heterocycles. The number of halogens is 1. The van der Waals surface area contributed by atoms with Crippen LogP contribution in [0.15, 0.2) is 36.0 Å². The molecule has 1 atom stereocenters. The Bertz CT molecular complexity index is 961. The fraction of sp³-hybridized carbons (Fsp3) is 0.278. The normalized spacial score (nSPS) is 16.8. The van der Waals surface area contributed by atoms with Crippen LogP contribution in [0.5, 0.6) is 5.75 Å². The van der Waals surface area contributed by atoms with E-state index in [1.807, 2.05) is 11.4 Å². The molecule has 6 nitrogen and oxygen atoms in total. The standard InChI is InChI=1S/C18H17ClN4O2S/c1-25-15-9-11(4-5-13(15)19)22-17(24)14-3-2-7-23(14)16-12-6-8-26-18(12)21-10-20-16/h4-6,8-10,14H,2-3,7H2,1H3,(H,22,24). The highest BCUT2D eigenvalue weighted by Crippen LogP contribution is 2.33. The molecular weight excluding hydrogens is 372 g/mol. The van der Waals surface area contributed by atoms with Crippen molar-refractivity contribution in [1.29, 1.82) is 0 Å². The van der Waals surface area contributed by atoms with Gasteiger partial charge in [-0.25, -0.2) is 9.97 Å². The summed E-state index contributed by atoms with van der Waals surface area (Å²) in [5.41, 5.74) is 0.659. The molecule has 1 aliphatic heterocycles. The molecule has 1 unspecified atom stereocenters. The topological polar surface area (TPSA) is 67.3 Å². The van der Waals surface area contributed by atoms with Crippen LogP contribution in [0.3, 0.4) is 0 Å². The molecule has 1 N–H and O–H groups in total. The van der Waals surface area contributed by atoms with Gasteiger partial charge in [-0.1, -0.05) is 11.6 Å². The van der Waals surface area contributed by atoms with E-state index in [2.05, 4.69) is 20.2 Å². The molecule has 3 aromatic rings. The number of nitrogens with zero attached hydrogens (tertiary/aromatic N) is 3. The smallest absolute Gasteiger partial charge is 0.247 e. The first-order chi connectivity index (χ1) is 12.7. The van der Waals surface area contributed by atoms with Crippen LogP contribution in [-0.2, 0) is 4.79 Å². The summed E-state index contributed by atoms with van der Waals surface area (Å²) in [6.45, 7) is 0.796. The second-order valence-electron chi connectivity index (χ2n) is 6.03. The summed E-state index contributed by atoms with van der Waals surface area (Å²) in [6.07, 6.45) is 3.29. The average molecular weight is 389 g/mol. The largest absolute Gasteiger partial charge is 0.495 e. The van der Waals surface area contributed by atoms with Crippen LogP contribution >= 0.6 is 22.9 Å². The number of nitrogens with one attached hydrogen (secondary N) is 1. The highest BCUT2D eigenvalue weighted by atomic mass is 35.5. The molecule has 0 bridgehead atoms. The van der Waals surface area contributed by atoms with Crippen molar-refractivity contribution in [2.45, 2.75) is 18.9 Å². The van der Waals surface area contributed by atoms with E-state index in [0.29, 0.717) is 16.5 Å².